The maximum absolute atomic E-state index is 5.60. The Kier molecular flexibility index (Phi) is 4.57. The van der Waals surface area contributed by atoms with Gasteiger partial charge in [-0.25, -0.2) is 0 Å². The van der Waals surface area contributed by atoms with E-state index in [0.29, 0.717) is 6.04 Å². The molecule has 74 valence electrons. The van der Waals surface area contributed by atoms with Gasteiger partial charge in [-0.15, -0.1) is 0 Å². The van der Waals surface area contributed by atoms with Crippen LogP contribution in [0, 0.1) is 0 Å². The number of nitrogens with two attached hydrogens (primary N) is 1. The molecule has 0 spiro atoms. The van der Waals surface area contributed by atoms with E-state index in [1.165, 1.54) is 0 Å². The van der Waals surface area contributed by atoms with Gasteiger partial charge in [-0.05, 0) is 19.4 Å². The Morgan fingerprint density at radius 2 is 2.54 bits per heavy atom. The molecule has 0 saturated heterocycles. The lowest BCUT2D eigenvalue weighted by molar-refractivity contribution is 0.148. The fourth-order valence-electron chi connectivity index (χ4n) is 1.25. The highest BCUT2D eigenvalue weighted by molar-refractivity contribution is 5.22. The van der Waals surface area contributed by atoms with Crippen LogP contribution in [0.2, 0.25) is 0 Å². The first-order chi connectivity index (χ1) is 6.33. The predicted octanol–water partition coefficient (Wildman–Crippen LogP) is 0.784. The molecular formula is C10H18N2O. The van der Waals surface area contributed by atoms with Crippen molar-refractivity contribution in [2.45, 2.75) is 19.4 Å². The van der Waals surface area contributed by atoms with E-state index in [-0.39, 0.29) is 0 Å². The minimum absolute atomic E-state index is 0.424. The Bertz CT molecular complexity index is 199. The average molecular weight is 182 g/mol. The van der Waals surface area contributed by atoms with E-state index < -0.39 is 0 Å². The molecule has 0 radical (unpaired) electrons. The molecule has 0 heterocycles. The van der Waals surface area contributed by atoms with Crippen LogP contribution in [0.5, 0.6) is 0 Å². The van der Waals surface area contributed by atoms with Gasteiger partial charge in [-0.1, -0.05) is 12.2 Å². The SMILES string of the molecule is CCOCCNC1C=CC(N)=CC1. The second kappa shape index (κ2) is 5.78. The van der Waals surface area contributed by atoms with Crippen molar-refractivity contribution in [3.63, 3.8) is 0 Å². The van der Waals surface area contributed by atoms with Gasteiger partial charge in [0, 0.05) is 24.9 Å². The lowest BCUT2D eigenvalue weighted by Gasteiger charge is -2.16. The summed E-state index contributed by atoms with van der Waals surface area (Å²) in [5.74, 6) is 0. The third-order valence-corrected chi connectivity index (χ3v) is 1.99. The number of nitrogens with one attached hydrogen (secondary N) is 1. The number of hydrogen-bond acceptors (Lipinski definition) is 3. The molecule has 0 aromatic rings. The maximum atomic E-state index is 5.60. The largest absolute Gasteiger partial charge is 0.399 e. The Morgan fingerprint density at radius 1 is 1.69 bits per heavy atom. The van der Waals surface area contributed by atoms with Crippen molar-refractivity contribution in [3.8, 4) is 0 Å². The molecule has 1 aliphatic carbocycles. The van der Waals surface area contributed by atoms with Crippen LogP contribution in [0.15, 0.2) is 23.9 Å². The van der Waals surface area contributed by atoms with Gasteiger partial charge >= 0.3 is 0 Å². The van der Waals surface area contributed by atoms with Crippen LogP contribution in [0.4, 0.5) is 0 Å². The summed E-state index contributed by atoms with van der Waals surface area (Å²) in [6, 6.07) is 0.424. The van der Waals surface area contributed by atoms with Gasteiger partial charge in [-0.2, -0.15) is 0 Å². The molecule has 0 bridgehead atoms. The molecule has 0 aromatic carbocycles. The van der Waals surface area contributed by atoms with Crippen molar-refractivity contribution in [2.75, 3.05) is 19.8 Å². The Hall–Kier alpha value is -0.800. The fraction of sp³-hybridized carbons (Fsp3) is 0.600. The van der Waals surface area contributed by atoms with Crippen molar-refractivity contribution < 1.29 is 4.74 Å². The van der Waals surface area contributed by atoms with Gasteiger partial charge in [0.1, 0.15) is 0 Å². The van der Waals surface area contributed by atoms with Gasteiger partial charge in [0.2, 0.25) is 0 Å². The van der Waals surface area contributed by atoms with Crippen LogP contribution in [0.1, 0.15) is 13.3 Å². The molecule has 1 unspecified atom stereocenters. The number of ether oxygens (including phenoxy) is 1. The quantitative estimate of drug-likeness (QED) is 0.618. The topological polar surface area (TPSA) is 47.3 Å². The summed E-state index contributed by atoms with van der Waals surface area (Å²) in [5, 5.41) is 3.36. The molecule has 0 amide bonds. The highest BCUT2D eigenvalue weighted by Gasteiger charge is 2.05. The van der Waals surface area contributed by atoms with E-state index in [1.807, 2.05) is 19.1 Å². The van der Waals surface area contributed by atoms with E-state index in [2.05, 4.69) is 11.4 Å². The minimum atomic E-state index is 0.424. The van der Waals surface area contributed by atoms with Crippen LogP contribution in [0.25, 0.3) is 0 Å². The molecule has 0 saturated carbocycles. The van der Waals surface area contributed by atoms with E-state index in [1.54, 1.807) is 0 Å². The highest BCUT2D eigenvalue weighted by Crippen LogP contribution is 2.05. The van der Waals surface area contributed by atoms with Crippen LogP contribution >= 0.6 is 0 Å². The van der Waals surface area contributed by atoms with Crippen LogP contribution < -0.4 is 11.1 Å². The molecular weight excluding hydrogens is 164 g/mol. The first-order valence-corrected chi connectivity index (χ1v) is 4.78. The minimum Gasteiger partial charge on any atom is -0.399 e. The molecule has 1 atom stereocenters. The summed E-state index contributed by atoms with van der Waals surface area (Å²) in [6.45, 7) is 4.47. The van der Waals surface area contributed by atoms with Crippen molar-refractivity contribution in [2.24, 2.45) is 5.73 Å². The normalized spacial score (nSPS) is 21.6. The lowest BCUT2D eigenvalue weighted by Crippen LogP contribution is -2.31. The summed E-state index contributed by atoms with van der Waals surface area (Å²) < 4.78 is 5.22. The monoisotopic (exact) mass is 182 g/mol. The molecule has 0 aliphatic heterocycles. The van der Waals surface area contributed by atoms with Gasteiger partial charge in [0.15, 0.2) is 0 Å². The van der Waals surface area contributed by atoms with E-state index in [0.717, 1.165) is 31.9 Å². The first-order valence-electron chi connectivity index (χ1n) is 4.78. The van der Waals surface area contributed by atoms with Gasteiger partial charge in [-0.3, -0.25) is 0 Å². The summed E-state index contributed by atoms with van der Waals surface area (Å²) in [5.41, 5.74) is 6.46. The number of rotatable bonds is 5. The first kappa shape index (κ1) is 10.3. The summed E-state index contributed by atoms with van der Waals surface area (Å²) >= 11 is 0. The number of hydrogen-bond donors (Lipinski definition) is 2. The predicted molar refractivity (Wildman–Crippen MR) is 54.3 cm³/mol. The Morgan fingerprint density at radius 3 is 3.15 bits per heavy atom. The van der Waals surface area contributed by atoms with Gasteiger partial charge < -0.3 is 15.8 Å². The van der Waals surface area contributed by atoms with Gasteiger partial charge in [0.25, 0.3) is 0 Å². The van der Waals surface area contributed by atoms with Crippen LogP contribution in [0.3, 0.4) is 0 Å². The summed E-state index contributed by atoms with van der Waals surface area (Å²) in [6.07, 6.45) is 7.07. The van der Waals surface area contributed by atoms with Crippen LogP contribution in [-0.2, 0) is 4.74 Å². The molecule has 1 aliphatic rings. The third kappa shape index (κ3) is 4.10. The molecule has 3 heteroatoms. The highest BCUT2D eigenvalue weighted by atomic mass is 16.5. The zero-order chi connectivity index (χ0) is 9.52. The molecule has 0 aromatic heterocycles. The van der Waals surface area contributed by atoms with Crippen molar-refractivity contribution >= 4 is 0 Å². The smallest absolute Gasteiger partial charge is 0.0590 e. The maximum Gasteiger partial charge on any atom is 0.0590 e. The van der Waals surface area contributed by atoms with E-state index in [9.17, 15) is 0 Å². The zero-order valence-electron chi connectivity index (χ0n) is 8.12. The van der Waals surface area contributed by atoms with Crippen molar-refractivity contribution in [1.29, 1.82) is 0 Å². The van der Waals surface area contributed by atoms with E-state index >= 15 is 0 Å². The second-order valence-electron chi connectivity index (χ2n) is 3.06. The second-order valence-corrected chi connectivity index (χ2v) is 3.06. The van der Waals surface area contributed by atoms with Gasteiger partial charge in [0.05, 0.1) is 6.61 Å². The van der Waals surface area contributed by atoms with Crippen molar-refractivity contribution in [3.05, 3.63) is 23.9 Å². The molecule has 3 nitrogen and oxygen atoms in total. The number of allylic oxidation sites excluding steroid dienone is 1. The standard InChI is InChI=1S/C10H18N2O/c1-2-13-8-7-12-10-5-3-9(11)4-6-10/h3-5,10,12H,2,6-8,11H2,1H3. The van der Waals surface area contributed by atoms with E-state index in [4.69, 9.17) is 10.5 Å². The molecule has 3 N–H and O–H groups in total. The summed E-state index contributed by atoms with van der Waals surface area (Å²) in [7, 11) is 0. The average Bonchev–Trinajstić information content (AvgIpc) is 2.15. The summed E-state index contributed by atoms with van der Waals surface area (Å²) in [4.78, 5) is 0. The van der Waals surface area contributed by atoms with Crippen LogP contribution in [-0.4, -0.2) is 25.8 Å². The zero-order valence-corrected chi connectivity index (χ0v) is 8.12. The lowest BCUT2D eigenvalue weighted by atomic mass is 10.1. The molecule has 1 rings (SSSR count). The molecule has 0 fully saturated rings. The third-order valence-electron chi connectivity index (χ3n) is 1.99. The Labute approximate surface area is 79.6 Å². The molecule has 13 heavy (non-hydrogen) atoms. The fourth-order valence-corrected chi connectivity index (χ4v) is 1.25. The van der Waals surface area contributed by atoms with Crippen molar-refractivity contribution in [1.82, 2.24) is 5.32 Å². The Balaban J connectivity index is 2.07.